The largest absolute Gasteiger partial charge is 0.506 e. The van der Waals surface area contributed by atoms with Gasteiger partial charge in [0.1, 0.15) is 11.3 Å². The summed E-state index contributed by atoms with van der Waals surface area (Å²) in [6.45, 7) is 8.42. The molecule has 0 unspecified atom stereocenters. The highest BCUT2D eigenvalue weighted by Crippen LogP contribution is 2.28. The quantitative estimate of drug-likeness (QED) is 0.196. The number of carbonyl (C=O) groups excluding carboxylic acids is 1. The second-order valence-corrected chi connectivity index (χ2v) is 11.0. The molecule has 3 rings (SSSR count). The topological polar surface area (TPSA) is 126 Å². The summed E-state index contributed by atoms with van der Waals surface area (Å²) in [6.07, 6.45) is 0.219. The molecule has 0 bridgehead atoms. The molecule has 0 saturated heterocycles. The number of aromatic hydroxyl groups is 1. The minimum absolute atomic E-state index is 0.0199. The third kappa shape index (κ3) is 10.0. The fourth-order valence-electron chi connectivity index (χ4n) is 4.49. The molecule has 12 heteroatoms. The predicted molar refractivity (Wildman–Crippen MR) is 162 cm³/mol. The number of carboxylic acid groups (broad SMARTS) is 1. The third-order valence-electron chi connectivity index (χ3n) is 7.04. The van der Waals surface area contributed by atoms with Gasteiger partial charge in [-0.2, -0.15) is 0 Å². The van der Waals surface area contributed by atoms with Gasteiger partial charge in [0, 0.05) is 37.7 Å². The Bertz CT molecular complexity index is 1330. The highest BCUT2D eigenvalue weighted by atomic mass is 35.5. The van der Waals surface area contributed by atoms with Crippen molar-refractivity contribution >= 4 is 45.2 Å². The fourth-order valence-corrected chi connectivity index (χ4v) is 5.52. The van der Waals surface area contributed by atoms with E-state index in [1.807, 2.05) is 24.3 Å². The number of phenolic OH excluding ortho intramolecular Hbond substituents is 1. The Morgan fingerprint density at radius 3 is 2.29 bits per heavy atom. The van der Waals surface area contributed by atoms with Crippen molar-refractivity contribution in [2.24, 2.45) is 0 Å². The number of H-pyrrole nitrogens is 1. The average Bonchev–Trinajstić information content (AvgIpc) is 3.36. The van der Waals surface area contributed by atoms with Crippen LogP contribution in [0.1, 0.15) is 31.4 Å². The number of thiazole rings is 1. The number of amides is 2. The summed E-state index contributed by atoms with van der Waals surface area (Å²) in [5, 5.41) is 20.6. The molecule has 0 spiro atoms. The van der Waals surface area contributed by atoms with Crippen LogP contribution < -0.4 is 4.87 Å². The number of benzene rings is 2. The zero-order valence-electron chi connectivity index (χ0n) is 23.6. The van der Waals surface area contributed by atoms with Gasteiger partial charge in [0.05, 0.1) is 24.3 Å². The zero-order valence-corrected chi connectivity index (χ0v) is 25.2. The number of phenols is 1. The van der Waals surface area contributed by atoms with Crippen molar-refractivity contribution in [1.82, 2.24) is 19.7 Å². The molecule has 10 nitrogen and oxygen atoms in total. The number of aromatic amines is 1. The molecule has 3 aromatic rings. The molecule has 0 radical (unpaired) electrons. The smallest absolute Gasteiger partial charge is 0.407 e. The van der Waals surface area contributed by atoms with Gasteiger partial charge in [0.2, 0.25) is 5.91 Å². The molecule has 0 aliphatic heterocycles. The first-order valence-electron chi connectivity index (χ1n) is 13.9. The lowest BCUT2D eigenvalue weighted by Crippen LogP contribution is -2.44. The molecule has 3 N–H and O–H groups in total. The van der Waals surface area contributed by atoms with Crippen molar-refractivity contribution in [3.05, 3.63) is 62.2 Å². The lowest BCUT2D eigenvalue weighted by atomic mass is 10.1. The number of nitrogens with zero attached hydrogens (tertiary/aromatic N) is 3. The summed E-state index contributed by atoms with van der Waals surface area (Å²) in [5.41, 5.74) is 2.25. The van der Waals surface area contributed by atoms with Gasteiger partial charge in [-0.05, 0) is 55.3 Å². The molecule has 1 aromatic heterocycles. The van der Waals surface area contributed by atoms with Crippen molar-refractivity contribution in [3.63, 3.8) is 0 Å². The molecular formula is C29H39ClN4O6S. The first kappa shape index (κ1) is 32.4. The van der Waals surface area contributed by atoms with Crippen LogP contribution in [-0.4, -0.2) is 101 Å². The van der Waals surface area contributed by atoms with Crippen molar-refractivity contribution in [2.75, 3.05) is 59.0 Å². The van der Waals surface area contributed by atoms with Crippen LogP contribution in [0.3, 0.4) is 0 Å². The molecule has 2 amide bonds. The van der Waals surface area contributed by atoms with Gasteiger partial charge in [-0.1, -0.05) is 55.0 Å². The number of aromatic nitrogens is 1. The molecule has 224 valence electrons. The molecule has 0 saturated carbocycles. The zero-order chi connectivity index (χ0) is 29.8. The summed E-state index contributed by atoms with van der Waals surface area (Å²) in [7, 11) is 0. The maximum Gasteiger partial charge on any atom is 0.407 e. The number of nitrogens with one attached hydrogen (secondary N) is 1. The Morgan fingerprint density at radius 1 is 0.927 bits per heavy atom. The molecule has 0 aliphatic carbocycles. The van der Waals surface area contributed by atoms with Crippen molar-refractivity contribution in [2.45, 2.75) is 33.1 Å². The van der Waals surface area contributed by atoms with Gasteiger partial charge in [-0.25, -0.2) is 4.79 Å². The van der Waals surface area contributed by atoms with Crippen LogP contribution in [0.15, 0.2) is 41.2 Å². The molecule has 1 heterocycles. The number of hydrogen-bond acceptors (Lipinski definition) is 7. The lowest BCUT2D eigenvalue weighted by molar-refractivity contribution is -0.132. The van der Waals surface area contributed by atoms with Crippen LogP contribution in [0.4, 0.5) is 4.79 Å². The van der Waals surface area contributed by atoms with E-state index in [2.05, 4.69) is 23.7 Å². The van der Waals surface area contributed by atoms with Crippen molar-refractivity contribution < 1.29 is 24.5 Å². The van der Waals surface area contributed by atoms with Gasteiger partial charge in [-0.3, -0.25) is 9.59 Å². The van der Waals surface area contributed by atoms with E-state index in [0.717, 1.165) is 42.0 Å². The van der Waals surface area contributed by atoms with E-state index in [9.17, 15) is 24.6 Å². The number of likely N-dealkylation sites (N-methyl/N-ethyl adjacent to an activating group) is 1. The summed E-state index contributed by atoms with van der Waals surface area (Å²) < 4.78 is 6.33. The van der Waals surface area contributed by atoms with E-state index in [1.54, 1.807) is 11.0 Å². The molecule has 2 aromatic carbocycles. The number of halogens is 1. The van der Waals surface area contributed by atoms with Crippen LogP contribution in [0.2, 0.25) is 5.02 Å². The second kappa shape index (κ2) is 16.4. The van der Waals surface area contributed by atoms with E-state index in [0.29, 0.717) is 41.4 Å². The summed E-state index contributed by atoms with van der Waals surface area (Å²) in [6, 6.07) is 10.8. The van der Waals surface area contributed by atoms with Crippen LogP contribution in [0.25, 0.3) is 10.2 Å². The van der Waals surface area contributed by atoms with Gasteiger partial charge in [0.15, 0.2) is 0 Å². The Labute approximate surface area is 249 Å². The Kier molecular flexibility index (Phi) is 12.9. The van der Waals surface area contributed by atoms with Crippen LogP contribution in [-0.2, 0) is 22.4 Å². The molecule has 0 atom stereocenters. The van der Waals surface area contributed by atoms with Gasteiger partial charge >= 0.3 is 11.0 Å². The fraction of sp³-hybridized carbons (Fsp3) is 0.483. The van der Waals surface area contributed by atoms with Crippen LogP contribution >= 0.6 is 22.9 Å². The third-order valence-corrected chi connectivity index (χ3v) is 8.25. The average molecular weight is 607 g/mol. The van der Waals surface area contributed by atoms with E-state index in [1.165, 1.54) is 11.0 Å². The Balaban J connectivity index is 1.55. The summed E-state index contributed by atoms with van der Waals surface area (Å²) >= 11 is 6.91. The number of ether oxygens (including phenoxy) is 1. The van der Waals surface area contributed by atoms with Crippen molar-refractivity contribution in [3.8, 4) is 5.75 Å². The highest BCUT2D eigenvalue weighted by Gasteiger charge is 2.19. The maximum atomic E-state index is 13.1. The van der Waals surface area contributed by atoms with Gasteiger partial charge < -0.3 is 34.6 Å². The van der Waals surface area contributed by atoms with Gasteiger partial charge in [0.25, 0.3) is 0 Å². The normalized spacial score (nSPS) is 11.3. The first-order valence-corrected chi connectivity index (χ1v) is 15.0. The predicted octanol–water partition coefficient (Wildman–Crippen LogP) is 4.29. The highest BCUT2D eigenvalue weighted by molar-refractivity contribution is 7.16. The summed E-state index contributed by atoms with van der Waals surface area (Å²) in [4.78, 5) is 44.6. The molecular weight excluding hydrogens is 568 g/mol. The van der Waals surface area contributed by atoms with Gasteiger partial charge in [-0.15, -0.1) is 0 Å². The number of hydrogen-bond donors (Lipinski definition) is 3. The number of carbonyl (C=O) groups is 2. The lowest BCUT2D eigenvalue weighted by Gasteiger charge is -2.29. The second-order valence-electron chi connectivity index (χ2n) is 9.63. The Morgan fingerprint density at radius 2 is 1.61 bits per heavy atom. The van der Waals surface area contributed by atoms with Crippen molar-refractivity contribution in [1.29, 1.82) is 0 Å². The SMILES string of the molecule is CCN(CC)CCN(CCN(CCc1ccc(O)c2[nH]c(=O)sc12)C(=O)O)C(=O)CCOCCc1ccc(Cl)cc1. The standard InChI is InChI=1S/C29H39ClN4O6S/c1-3-32(4-2)15-16-33(25(36)13-20-40-19-12-21-5-8-23(30)9-6-21)17-18-34(29(38)39)14-11-22-7-10-24(35)26-27(22)41-28(37)31-26/h5-10,35H,3-4,11-20H2,1-2H3,(H,31,37)(H,38,39). The molecule has 41 heavy (non-hydrogen) atoms. The van der Waals surface area contributed by atoms with Crippen LogP contribution in [0.5, 0.6) is 5.75 Å². The maximum absolute atomic E-state index is 13.1. The van der Waals surface area contributed by atoms with E-state index in [4.69, 9.17) is 16.3 Å². The van der Waals surface area contributed by atoms with E-state index < -0.39 is 6.09 Å². The van der Waals surface area contributed by atoms with E-state index >= 15 is 0 Å². The Hall–Kier alpha value is -3.12. The summed E-state index contributed by atoms with van der Waals surface area (Å²) in [5.74, 6) is -0.0974. The molecule has 0 fully saturated rings. The molecule has 0 aliphatic rings. The van der Waals surface area contributed by atoms with E-state index in [-0.39, 0.29) is 49.2 Å². The number of fused-ring (bicyclic) bond motifs is 1. The minimum atomic E-state index is -1.08. The minimum Gasteiger partial charge on any atom is -0.506 e. The number of rotatable bonds is 17. The monoisotopic (exact) mass is 606 g/mol. The first-order chi connectivity index (χ1) is 19.7. The van der Waals surface area contributed by atoms with Crippen LogP contribution in [0, 0.1) is 0 Å².